The molecule has 1 fully saturated rings. The van der Waals surface area contributed by atoms with Crippen LogP contribution in [0.5, 0.6) is 0 Å². The molecule has 1 saturated carbocycles. The highest BCUT2D eigenvalue weighted by molar-refractivity contribution is 6.31. The van der Waals surface area contributed by atoms with Crippen LogP contribution in [0.3, 0.4) is 0 Å². The number of aryl methyl sites for hydroxylation is 1. The molecule has 0 aromatic carbocycles. The van der Waals surface area contributed by atoms with Gasteiger partial charge in [0.05, 0.1) is 5.69 Å². The molecular formula is C16H25ClN2. The van der Waals surface area contributed by atoms with Gasteiger partial charge in [0.15, 0.2) is 5.15 Å². The Morgan fingerprint density at radius 1 is 1.21 bits per heavy atom. The molecule has 0 unspecified atom stereocenters. The molecule has 2 rings (SSSR count). The molecule has 106 valence electrons. The topological polar surface area (TPSA) is 24.9 Å². The summed E-state index contributed by atoms with van der Waals surface area (Å²) in [4.78, 5) is 4.20. The molecule has 0 aliphatic heterocycles. The van der Waals surface area contributed by atoms with E-state index in [9.17, 15) is 0 Å². The summed E-state index contributed by atoms with van der Waals surface area (Å²) >= 11 is 6.14. The maximum atomic E-state index is 6.14. The minimum Gasteiger partial charge on any atom is -0.380 e. The third-order valence-corrected chi connectivity index (χ3v) is 4.59. The Kier molecular flexibility index (Phi) is 4.39. The molecule has 19 heavy (non-hydrogen) atoms. The summed E-state index contributed by atoms with van der Waals surface area (Å²) in [5.74, 6) is 0.844. The van der Waals surface area contributed by atoms with Gasteiger partial charge in [-0.15, -0.1) is 0 Å². The van der Waals surface area contributed by atoms with Crippen LogP contribution in [0.15, 0.2) is 12.3 Å². The molecule has 0 atom stereocenters. The van der Waals surface area contributed by atoms with E-state index in [4.69, 9.17) is 11.6 Å². The Balaban J connectivity index is 1.94. The van der Waals surface area contributed by atoms with E-state index in [1.165, 1.54) is 25.7 Å². The van der Waals surface area contributed by atoms with Crippen molar-refractivity contribution in [3.63, 3.8) is 0 Å². The van der Waals surface area contributed by atoms with E-state index in [2.05, 4.69) is 37.1 Å². The first kappa shape index (κ1) is 14.6. The summed E-state index contributed by atoms with van der Waals surface area (Å²) in [7, 11) is 0. The summed E-state index contributed by atoms with van der Waals surface area (Å²) in [6, 6.07) is 2.63. The summed E-state index contributed by atoms with van der Waals surface area (Å²) in [6.07, 6.45) is 6.87. The lowest BCUT2D eigenvalue weighted by Crippen LogP contribution is -2.31. The van der Waals surface area contributed by atoms with Crippen LogP contribution in [0.25, 0.3) is 0 Å². The zero-order chi connectivity index (χ0) is 14.0. The average molecular weight is 281 g/mol. The summed E-state index contributed by atoms with van der Waals surface area (Å²) in [5, 5.41) is 4.15. The van der Waals surface area contributed by atoms with Gasteiger partial charge in [-0.2, -0.15) is 0 Å². The van der Waals surface area contributed by atoms with Crippen molar-refractivity contribution in [3.8, 4) is 0 Å². The molecule has 0 radical (unpaired) electrons. The van der Waals surface area contributed by atoms with Gasteiger partial charge in [0.1, 0.15) is 0 Å². The number of rotatable bonds is 2. The standard InChI is InChI=1S/C16H25ClN2/c1-11-9-14(15(17)18-10-11)19-13-7-5-12(6-8-13)16(2,3)4/h9-10,12-13,19H,5-8H2,1-4H3. The van der Waals surface area contributed by atoms with Crippen LogP contribution in [0.2, 0.25) is 5.15 Å². The number of anilines is 1. The third-order valence-electron chi connectivity index (χ3n) is 4.29. The first-order chi connectivity index (χ1) is 8.86. The normalized spacial score (nSPS) is 24.3. The van der Waals surface area contributed by atoms with E-state index in [0.717, 1.165) is 17.2 Å². The molecule has 1 aliphatic rings. The number of halogens is 1. The molecule has 1 N–H and O–H groups in total. The van der Waals surface area contributed by atoms with Gasteiger partial charge in [-0.25, -0.2) is 4.98 Å². The van der Waals surface area contributed by atoms with Crippen LogP contribution < -0.4 is 5.32 Å². The van der Waals surface area contributed by atoms with E-state index in [1.54, 1.807) is 0 Å². The minimum atomic E-state index is 0.438. The minimum absolute atomic E-state index is 0.438. The van der Waals surface area contributed by atoms with Gasteiger partial charge >= 0.3 is 0 Å². The van der Waals surface area contributed by atoms with E-state index in [1.807, 2.05) is 13.1 Å². The van der Waals surface area contributed by atoms with Crippen molar-refractivity contribution >= 4 is 17.3 Å². The molecule has 1 aromatic heterocycles. The molecule has 2 nitrogen and oxygen atoms in total. The largest absolute Gasteiger partial charge is 0.380 e. The Hall–Kier alpha value is -0.760. The number of pyridine rings is 1. The van der Waals surface area contributed by atoms with Gasteiger partial charge in [-0.05, 0) is 55.6 Å². The lowest BCUT2D eigenvalue weighted by molar-refractivity contribution is 0.173. The molecule has 0 spiro atoms. The highest BCUT2D eigenvalue weighted by Gasteiger charge is 2.29. The van der Waals surface area contributed by atoms with Gasteiger partial charge in [0.2, 0.25) is 0 Å². The van der Waals surface area contributed by atoms with Gasteiger partial charge in [0, 0.05) is 12.2 Å². The van der Waals surface area contributed by atoms with Gasteiger partial charge in [-0.1, -0.05) is 32.4 Å². The fraction of sp³-hybridized carbons (Fsp3) is 0.688. The Morgan fingerprint density at radius 2 is 1.84 bits per heavy atom. The maximum absolute atomic E-state index is 6.14. The first-order valence-corrected chi connectivity index (χ1v) is 7.63. The zero-order valence-electron chi connectivity index (χ0n) is 12.5. The molecule has 0 amide bonds. The van der Waals surface area contributed by atoms with E-state index in [-0.39, 0.29) is 0 Å². The number of aromatic nitrogens is 1. The number of nitrogens with one attached hydrogen (secondary N) is 1. The second-order valence-corrected chi connectivity index (χ2v) is 7.27. The molecule has 0 saturated heterocycles. The van der Waals surface area contributed by atoms with Crippen molar-refractivity contribution < 1.29 is 0 Å². The zero-order valence-corrected chi connectivity index (χ0v) is 13.2. The van der Waals surface area contributed by atoms with Crippen molar-refractivity contribution in [1.29, 1.82) is 0 Å². The first-order valence-electron chi connectivity index (χ1n) is 7.25. The summed E-state index contributed by atoms with van der Waals surface area (Å²) in [6.45, 7) is 9.11. The Morgan fingerprint density at radius 3 is 2.42 bits per heavy atom. The molecule has 0 bridgehead atoms. The van der Waals surface area contributed by atoms with Crippen molar-refractivity contribution in [3.05, 3.63) is 23.0 Å². The van der Waals surface area contributed by atoms with Crippen LogP contribution in [-0.2, 0) is 0 Å². The van der Waals surface area contributed by atoms with Crippen molar-refractivity contribution in [2.45, 2.75) is 59.4 Å². The molecular weight excluding hydrogens is 256 g/mol. The van der Waals surface area contributed by atoms with E-state index >= 15 is 0 Å². The lowest BCUT2D eigenvalue weighted by atomic mass is 9.71. The highest BCUT2D eigenvalue weighted by atomic mass is 35.5. The van der Waals surface area contributed by atoms with Gasteiger partial charge < -0.3 is 5.32 Å². The molecule has 1 aromatic rings. The monoisotopic (exact) mass is 280 g/mol. The van der Waals surface area contributed by atoms with Crippen LogP contribution in [0.1, 0.15) is 52.0 Å². The second-order valence-electron chi connectivity index (χ2n) is 6.91. The van der Waals surface area contributed by atoms with Crippen LogP contribution in [0, 0.1) is 18.3 Å². The van der Waals surface area contributed by atoms with E-state index < -0.39 is 0 Å². The highest BCUT2D eigenvalue weighted by Crippen LogP contribution is 2.38. The number of hydrogen-bond donors (Lipinski definition) is 1. The predicted molar refractivity (Wildman–Crippen MR) is 82.8 cm³/mol. The molecule has 3 heteroatoms. The summed E-state index contributed by atoms with van der Waals surface area (Å²) in [5.41, 5.74) is 2.57. The predicted octanol–water partition coefficient (Wildman–Crippen LogP) is 5.06. The van der Waals surface area contributed by atoms with Crippen molar-refractivity contribution in [2.24, 2.45) is 11.3 Å². The third kappa shape index (κ3) is 3.85. The number of hydrogen-bond acceptors (Lipinski definition) is 2. The van der Waals surface area contributed by atoms with Crippen LogP contribution >= 0.6 is 11.6 Å². The van der Waals surface area contributed by atoms with Crippen molar-refractivity contribution in [2.75, 3.05) is 5.32 Å². The maximum Gasteiger partial charge on any atom is 0.152 e. The summed E-state index contributed by atoms with van der Waals surface area (Å²) < 4.78 is 0. The fourth-order valence-electron chi connectivity index (χ4n) is 2.98. The van der Waals surface area contributed by atoms with Gasteiger partial charge in [0.25, 0.3) is 0 Å². The second kappa shape index (κ2) is 5.70. The SMILES string of the molecule is Cc1cnc(Cl)c(NC2CCC(C(C)(C)C)CC2)c1. The van der Waals surface area contributed by atoms with Crippen LogP contribution in [-0.4, -0.2) is 11.0 Å². The average Bonchev–Trinajstić information content (AvgIpc) is 2.33. The quantitative estimate of drug-likeness (QED) is 0.766. The van der Waals surface area contributed by atoms with Crippen LogP contribution in [0.4, 0.5) is 5.69 Å². The Bertz CT molecular complexity index is 429. The lowest BCUT2D eigenvalue weighted by Gasteiger charge is -2.37. The van der Waals surface area contributed by atoms with E-state index in [0.29, 0.717) is 16.6 Å². The van der Waals surface area contributed by atoms with Gasteiger partial charge in [-0.3, -0.25) is 0 Å². The molecule has 1 heterocycles. The smallest absolute Gasteiger partial charge is 0.152 e. The molecule has 1 aliphatic carbocycles. The Labute approximate surface area is 122 Å². The van der Waals surface area contributed by atoms with Crippen molar-refractivity contribution in [1.82, 2.24) is 4.98 Å². The fourth-order valence-corrected chi connectivity index (χ4v) is 3.14. The number of nitrogens with zero attached hydrogens (tertiary/aromatic N) is 1.